The lowest BCUT2D eigenvalue weighted by atomic mass is 10.1. The highest BCUT2D eigenvalue weighted by molar-refractivity contribution is 5.92. The van der Waals surface area contributed by atoms with Crippen LogP contribution in [0.15, 0.2) is 24.3 Å². The zero-order chi connectivity index (χ0) is 14.5. The van der Waals surface area contributed by atoms with Crippen molar-refractivity contribution in [3.8, 4) is 0 Å². The first kappa shape index (κ1) is 15.0. The second-order valence-electron chi connectivity index (χ2n) is 5.88. The van der Waals surface area contributed by atoms with E-state index in [2.05, 4.69) is 24.1 Å². The summed E-state index contributed by atoms with van der Waals surface area (Å²) in [5.41, 5.74) is 7.06. The second kappa shape index (κ2) is 6.86. The number of rotatable bonds is 6. The van der Waals surface area contributed by atoms with Gasteiger partial charge in [-0.25, -0.2) is 0 Å². The zero-order valence-electron chi connectivity index (χ0n) is 12.4. The summed E-state index contributed by atoms with van der Waals surface area (Å²) >= 11 is 0. The number of primary amides is 1. The average Bonchev–Trinajstić information content (AvgIpc) is 2.91. The van der Waals surface area contributed by atoms with Crippen LogP contribution in [-0.4, -0.2) is 36.0 Å². The molecule has 1 aliphatic heterocycles. The molecule has 0 bridgehead atoms. The number of nitrogens with two attached hydrogens (primary N) is 1. The SMILES string of the molecule is CC(C)N(Cc1ccc(C(N)=O)cc1)CC1CCCN1. The van der Waals surface area contributed by atoms with E-state index in [9.17, 15) is 4.79 Å². The molecule has 4 nitrogen and oxygen atoms in total. The van der Waals surface area contributed by atoms with Crippen LogP contribution in [0.3, 0.4) is 0 Å². The van der Waals surface area contributed by atoms with Crippen molar-refractivity contribution in [3.05, 3.63) is 35.4 Å². The summed E-state index contributed by atoms with van der Waals surface area (Å²) < 4.78 is 0. The molecule has 0 saturated carbocycles. The van der Waals surface area contributed by atoms with Gasteiger partial charge >= 0.3 is 0 Å². The molecule has 0 radical (unpaired) electrons. The van der Waals surface area contributed by atoms with Gasteiger partial charge in [0.15, 0.2) is 0 Å². The number of carbonyl (C=O) groups excluding carboxylic acids is 1. The van der Waals surface area contributed by atoms with Crippen molar-refractivity contribution in [1.29, 1.82) is 0 Å². The van der Waals surface area contributed by atoms with E-state index < -0.39 is 0 Å². The maximum atomic E-state index is 11.1. The van der Waals surface area contributed by atoms with Crippen molar-refractivity contribution >= 4 is 5.91 Å². The normalized spacial score (nSPS) is 18.9. The van der Waals surface area contributed by atoms with Crippen LogP contribution in [0.2, 0.25) is 0 Å². The molecule has 2 rings (SSSR count). The highest BCUT2D eigenvalue weighted by atomic mass is 16.1. The van der Waals surface area contributed by atoms with Crippen LogP contribution in [0.4, 0.5) is 0 Å². The number of nitrogens with zero attached hydrogens (tertiary/aromatic N) is 1. The second-order valence-corrected chi connectivity index (χ2v) is 5.88. The van der Waals surface area contributed by atoms with E-state index in [1.807, 2.05) is 24.3 Å². The number of nitrogens with one attached hydrogen (secondary N) is 1. The predicted molar refractivity (Wildman–Crippen MR) is 81.5 cm³/mol. The lowest BCUT2D eigenvalue weighted by molar-refractivity contribution is 0.1000. The van der Waals surface area contributed by atoms with Crippen molar-refractivity contribution in [2.24, 2.45) is 5.73 Å². The van der Waals surface area contributed by atoms with E-state index in [1.165, 1.54) is 18.4 Å². The molecule has 1 fully saturated rings. The highest BCUT2D eigenvalue weighted by Gasteiger charge is 2.19. The molecule has 1 aromatic rings. The standard InChI is InChI=1S/C16H25N3O/c1-12(2)19(11-15-4-3-9-18-15)10-13-5-7-14(8-6-13)16(17)20/h5-8,12,15,18H,3-4,9-11H2,1-2H3,(H2,17,20). The fraction of sp³-hybridized carbons (Fsp3) is 0.562. The monoisotopic (exact) mass is 275 g/mol. The van der Waals surface area contributed by atoms with E-state index in [-0.39, 0.29) is 5.91 Å². The molecular weight excluding hydrogens is 250 g/mol. The molecule has 1 unspecified atom stereocenters. The van der Waals surface area contributed by atoms with Crippen LogP contribution in [0.1, 0.15) is 42.6 Å². The molecule has 20 heavy (non-hydrogen) atoms. The van der Waals surface area contributed by atoms with Gasteiger partial charge in [0, 0.05) is 30.7 Å². The van der Waals surface area contributed by atoms with Crippen LogP contribution >= 0.6 is 0 Å². The fourth-order valence-corrected chi connectivity index (χ4v) is 2.66. The zero-order valence-corrected chi connectivity index (χ0v) is 12.4. The maximum Gasteiger partial charge on any atom is 0.248 e. The van der Waals surface area contributed by atoms with Gasteiger partial charge in [-0.2, -0.15) is 0 Å². The molecule has 110 valence electrons. The van der Waals surface area contributed by atoms with Gasteiger partial charge in [0.2, 0.25) is 5.91 Å². The molecule has 1 saturated heterocycles. The van der Waals surface area contributed by atoms with Crippen molar-refractivity contribution in [3.63, 3.8) is 0 Å². The Morgan fingerprint density at radius 3 is 2.60 bits per heavy atom. The smallest absolute Gasteiger partial charge is 0.248 e. The quantitative estimate of drug-likeness (QED) is 0.831. The Morgan fingerprint density at radius 2 is 2.10 bits per heavy atom. The molecule has 1 heterocycles. The number of amides is 1. The van der Waals surface area contributed by atoms with Crippen molar-refractivity contribution in [1.82, 2.24) is 10.2 Å². The molecule has 0 aromatic heterocycles. The van der Waals surface area contributed by atoms with Crippen LogP contribution < -0.4 is 11.1 Å². The van der Waals surface area contributed by atoms with E-state index in [4.69, 9.17) is 5.73 Å². The summed E-state index contributed by atoms with van der Waals surface area (Å²) in [6.07, 6.45) is 2.55. The van der Waals surface area contributed by atoms with Crippen molar-refractivity contribution in [2.75, 3.05) is 13.1 Å². The molecule has 1 aromatic carbocycles. The van der Waals surface area contributed by atoms with Crippen LogP contribution in [0.5, 0.6) is 0 Å². The number of benzene rings is 1. The van der Waals surface area contributed by atoms with Gasteiger partial charge in [-0.15, -0.1) is 0 Å². The first-order valence-corrected chi connectivity index (χ1v) is 7.42. The van der Waals surface area contributed by atoms with Crippen molar-refractivity contribution < 1.29 is 4.79 Å². The predicted octanol–water partition coefficient (Wildman–Crippen LogP) is 1.75. The summed E-state index contributed by atoms with van der Waals surface area (Å²) in [5.74, 6) is -0.368. The maximum absolute atomic E-state index is 11.1. The summed E-state index contributed by atoms with van der Waals surface area (Å²) in [6, 6.07) is 8.74. The molecule has 0 aliphatic carbocycles. The average molecular weight is 275 g/mol. The largest absolute Gasteiger partial charge is 0.366 e. The molecular formula is C16H25N3O. The van der Waals surface area contributed by atoms with Crippen LogP contribution in [0.25, 0.3) is 0 Å². The minimum atomic E-state index is -0.368. The van der Waals surface area contributed by atoms with Gasteiger partial charge < -0.3 is 11.1 Å². The van der Waals surface area contributed by atoms with Crippen LogP contribution in [-0.2, 0) is 6.54 Å². The third kappa shape index (κ3) is 4.05. The molecule has 1 aliphatic rings. The third-order valence-corrected chi connectivity index (χ3v) is 3.97. The summed E-state index contributed by atoms with van der Waals surface area (Å²) in [6.45, 7) is 7.59. The Hall–Kier alpha value is -1.39. The first-order chi connectivity index (χ1) is 9.56. The summed E-state index contributed by atoms with van der Waals surface area (Å²) in [7, 11) is 0. The molecule has 4 heteroatoms. The van der Waals surface area contributed by atoms with E-state index in [1.54, 1.807) is 0 Å². The van der Waals surface area contributed by atoms with Gasteiger partial charge in [-0.1, -0.05) is 12.1 Å². The van der Waals surface area contributed by atoms with Crippen molar-refractivity contribution in [2.45, 2.75) is 45.3 Å². The minimum absolute atomic E-state index is 0.368. The van der Waals surface area contributed by atoms with Gasteiger partial charge in [-0.05, 0) is 50.9 Å². The van der Waals surface area contributed by atoms with Gasteiger partial charge in [-0.3, -0.25) is 9.69 Å². The van der Waals surface area contributed by atoms with E-state index in [0.29, 0.717) is 17.6 Å². The van der Waals surface area contributed by atoms with Crippen LogP contribution in [0, 0.1) is 0 Å². The first-order valence-electron chi connectivity index (χ1n) is 7.42. The third-order valence-electron chi connectivity index (χ3n) is 3.97. The Kier molecular flexibility index (Phi) is 5.15. The Labute approximate surface area is 121 Å². The molecule has 3 N–H and O–H groups in total. The summed E-state index contributed by atoms with van der Waals surface area (Å²) in [4.78, 5) is 13.6. The number of hydrogen-bond acceptors (Lipinski definition) is 3. The van der Waals surface area contributed by atoms with E-state index >= 15 is 0 Å². The lowest BCUT2D eigenvalue weighted by Gasteiger charge is -2.29. The Balaban J connectivity index is 1.97. The lowest BCUT2D eigenvalue weighted by Crippen LogP contribution is -2.40. The highest BCUT2D eigenvalue weighted by Crippen LogP contribution is 2.13. The Bertz CT molecular complexity index is 436. The van der Waals surface area contributed by atoms with Gasteiger partial charge in [0.1, 0.15) is 0 Å². The number of carbonyl (C=O) groups is 1. The Morgan fingerprint density at radius 1 is 1.40 bits per heavy atom. The fourth-order valence-electron chi connectivity index (χ4n) is 2.66. The van der Waals surface area contributed by atoms with E-state index in [0.717, 1.165) is 19.6 Å². The topological polar surface area (TPSA) is 58.4 Å². The molecule has 1 atom stereocenters. The molecule has 1 amide bonds. The number of hydrogen-bond donors (Lipinski definition) is 2. The summed E-state index contributed by atoms with van der Waals surface area (Å²) in [5, 5.41) is 3.55. The minimum Gasteiger partial charge on any atom is -0.366 e. The van der Waals surface area contributed by atoms with Gasteiger partial charge in [0.25, 0.3) is 0 Å². The molecule has 0 spiro atoms. The van der Waals surface area contributed by atoms with Gasteiger partial charge in [0.05, 0.1) is 0 Å².